The summed E-state index contributed by atoms with van der Waals surface area (Å²) in [6.45, 7) is 7.98. The third kappa shape index (κ3) is 3.41. The second kappa shape index (κ2) is 7.06. The van der Waals surface area contributed by atoms with Crippen LogP contribution in [0.5, 0.6) is 0 Å². The summed E-state index contributed by atoms with van der Waals surface area (Å²) in [4.78, 5) is 15.4. The zero-order valence-corrected chi connectivity index (χ0v) is 16.1. The number of aryl methyl sites for hydroxylation is 1. The lowest BCUT2D eigenvalue weighted by molar-refractivity contribution is 0.510. The molecule has 27 heavy (non-hydrogen) atoms. The fourth-order valence-electron chi connectivity index (χ4n) is 3.64. The quantitative estimate of drug-likeness (QED) is 0.735. The number of hydrogen-bond donors (Lipinski definition) is 2. The summed E-state index contributed by atoms with van der Waals surface area (Å²) in [5.41, 5.74) is 2.02. The van der Waals surface area contributed by atoms with Crippen molar-refractivity contribution in [2.45, 2.75) is 46.1 Å². The van der Waals surface area contributed by atoms with Crippen LogP contribution < -0.4 is 15.8 Å². The molecule has 2 N–H and O–H groups in total. The smallest absolute Gasteiger partial charge is 0.275 e. The van der Waals surface area contributed by atoms with Crippen molar-refractivity contribution in [2.24, 2.45) is 0 Å². The van der Waals surface area contributed by atoms with E-state index in [9.17, 15) is 4.79 Å². The standard InChI is InChI=1S/C20H26N6O/c1-13(2)26-20(27)17-12-15(25-9-5-4-6-10-25)7-8-16(17)19(24-26)21-18-11-14(3)22-23-18/h7-8,11-13H,4-6,9-10H2,1-3H3,(H2,21,22,23,24). The van der Waals surface area contributed by atoms with E-state index in [4.69, 9.17) is 0 Å². The van der Waals surface area contributed by atoms with Crippen LogP contribution in [-0.2, 0) is 0 Å². The predicted molar refractivity (Wildman–Crippen MR) is 109 cm³/mol. The number of fused-ring (bicyclic) bond motifs is 1. The van der Waals surface area contributed by atoms with E-state index in [1.165, 1.54) is 19.3 Å². The van der Waals surface area contributed by atoms with Crippen LogP contribution in [0, 0.1) is 6.92 Å². The number of nitrogens with one attached hydrogen (secondary N) is 2. The minimum Gasteiger partial charge on any atom is -0.372 e. The Labute approximate surface area is 158 Å². The number of hydrogen-bond acceptors (Lipinski definition) is 5. The van der Waals surface area contributed by atoms with E-state index in [1.54, 1.807) is 4.68 Å². The largest absolute Gasteiger partial charge is 0.372 e. The molecule has 1 aliphatic rings. The molecule has 1 saturated heterocycles. The highest BCUT2D eigenvalue weighted by Crippen LogP contribution is 2.28. The van der Waals surface area contributed by atoms with Gasteiger partial charge >= 0.3 is 0 Å². The first-order valence-corrected chi connectivity index (χ1v) is 9.63. The van der Waals surface area contributed by atoms with Crippen molar-refractivity contribution in [2.75, 3.05) is 23.3 Å². The van der Waals surface area contributed by atoms with E-state index in [0.717, 1.165) is 29.9 Å². The molecule has 0 unspecified atom stereocenters. The van der Waals surface area contributed by atoms with Gasteiger partial charge in [-0.3, -0.25) is 9.89 Å². The van der Waals surface area contributed by atoms with Gasteiger partial charge in [0.2, 0.25) is 0 Å². The number of rotatable bonds is 4. The molecule has 0 atom stereocenters. The van der Waals surface area contributed by atoms with Gasteiger partial charge in [-0.15, -0.1) is 0 Å². The van der Waals surface area contributed by atoms with E-state index in [-0.39, 0.29) is 11.6 Å². The summed E-state index contributed by atoms with van der Waals surface area (Å²) in [5.74, 6) is 1.34. The van der Waals surface area contributed by atoms with Gasteiger partial charge in [-0.25, -0.2) is 4.68 Å². The molecule has 7 heteroatoms. The number of H-pyrrole nitrogens is 1. The molecular formula is C20H26N6O. The van der Waals surface area contributed by atoms with Crippen LogP contribution in [0.25, 0.3) is 10.8 Å². The normalized spacial score (nSPS) is 14.9. The van der Waals surface area contributed by atoms with Gasteiger partial charge in [-0.2, -0.15) is 10.2 Å². The summed E-state index contributed by atoms with van der Waals surface area (Å²) >= 11 is 0. The first-order valence-electron chi connectivity index (χ1n) is 9.63. The number of anilines is 3. The van der Waals surface area contributed by atoms with Crippen molar-refractivity contribution in [3.63, 3.8) is 0 Å². The molecule has 2 aromatic heterocycles. The maximum Gasteiger partial charge on any atom is 0.275 e. The number of benzene rings is 1. The Balaban J connectivity index is 1.84. The summed E-state index contributed by atoms with van der Waals surface area (Å²) in [7, 11) is 0. The number of aromatic nitrogens is 4. The Bertz CT molecular complexity index is 1010. The molecule has 3 heterocycles. The van der Waals surface area contributed by atoms with Crippen molar-refractivity contribution in [3.8, 4) is 0 Å². The lowest BCUT2D eigenvalue weighted by atomic mass is 10.1. The van der Waals surface area contributed by atoms with Crippen LogP contribution in [0.15, 0.2) is 29.1 Å². The molecule has 0 spiro atoms. The van der Waals surface area contributed by atoms with Crippen LogP contribution in [0.4, 0.5) is 17.3 Å². The molecule has 0 aliphatic carbocycles. The molecule has 4 rings (SSSR count). The Morgan fingerprint density at radius 1 is 1.11 bits per heavy atom. The SMILES string of the molecule is Cc1cc(Nc2nn(C(C)C)c(=O)c3cc(N4CCCCC4)ccc23)n[nH]1. The molecule has 1 aromatic carbocycles. The lowest BCUT2D eigenvalue weighted by Crippen LogP contribution is -2.30. The van der Waals surface area contributed by atoms with Crippen molar-refractivity contribution in [3.05, 3.63) is 40.3 Å². The summed E-state index contributed by atoms with van der Waals surface area (Å²) in [6.07, 6.45) is 3.69. The molecule has 0 radical (unpaired) electrons. The molecule has 142 valence electrons. The van der Waals surface area contributed by atoms with Crippen molar-refractivity contribution < 1.29 is 0 Å². The molecule has 1 aliphatic heterocycles. The third-order valence-electron chi connectivity index (χ3n) is 5.07. The zero-order chi connectivity index (χ0) is 19.0. The summed E-state index contributed by atoms with van der Waals surface area (Å²) < 4.78 is 1.55. The maximum atomic E-state index is 13.0. The molecular weight excluding hydrogens is 340 g/mol. The Hall–Kier alpha value is -2.83. The number of nitrogens with zero attached hydrogens (tertiary/aromatic N) is 4. The van der Waals surface area contributed by atoms with Crippen LogP contribution in [-0.4, -0.2) is 33.1 Å². The molecule has 0 bridgehead atoms. The van der Waals surface area contributed by atoms with Crippen LogP contribution in [0.3, 0.4) is 0 Å². The van der Waals surface area contributed by atoms with Gasteiger partial charge in [0.1, 0.15) is 0 Å². The number of aromatic amines is 1. The van der Waals surface area contributed by atoms with Crippen molar-refractivity contribution in [1.29, 1.82) is 0 Å². The Morgan fingerprint density at radius 2 is 1.89 bits per heavy atom. The first kappa shape index (κ1) is 17.6. The van der Waals surface area contributed by atoms with Gasteiger partial charge < -0.3 is 10.2 Å². The van der Waals surface area contributed by atoms with Gasteiger partial charge in [-0.1, -0.05) is 0 Å². The zero-order valence-electron chi connectivity index (χ0n) is 16.1. The van der Waals surface area contributed by atoms with Gasteiger partial charge in [0.25, 0.3) is 5.56 Å². The highest BCUT2D eigenvalue weighted by atomic mass is 16.1. The molecule has 7 nitrogen and oxygen atoms in total. The van der Waals surface area contributed by atoms with Crippen molar-refractivity contribution in [1.82, 2.24) is 20.0 Å². The molecule has 3 aromatic rings. The molecule has 1 fully saturated rings. The molecule has 0 saturated carbocycles. The van der Waals surface area contributed by atoms with Crippen LogP contribution >= 0.6 is 0 Å². The fraction of sp³-hybridized carbons (Fsp3) is 0.450. The predicted octanol–water partition coefficient (Wildman–Crippen LogP) is 3.74. The lowest BCUT2D eigenvalue weighted by Gasteiger charge is -2.29. The second-order valence-corrected chi connectivity index (χ2v) is 7.53. The first-order chi connectivity index (χ1) is 13.0. The minimum absolute atomic E-state index is 0.0259. The average molecular weight is 366 g/mol. The van der Waals surface area contributed by atoms with E-state index >= 15 is 0 Å². The van der Waals surface area contributed by atoms with Crippen LogP contribution in [0.1, 0.15) is 44.8 Å². The van der Waals surface area contributed by atoms with Gasteiger partial charge in [0.05, 0.1) is 11.4 Å². The van der Waals surface area contributed by atoms with E-state index in [0.29, 0.717) is 17.0 Å². The Morgan fingerprint density at radius 3 is 2.56 bits per heavy atom. The van der Waals surface area contributed by atoms with Gasteiger partial charge in [0, 0.05) is 35.9 Å². The topological polar surface area (TPSA) is 78.8 Å². The van der Waals surface area contributed by atoms with Gasteiger partial charge in [0.15, 0.2) is 11.6 Å². The van der Waals surface area contributed by atoms with Gasteiger partial charge in [-0.05, 0) is 58.2 Å². The van der Waals surface area contributed by atoms with Crippen molar-refractivity contribution >= 4 is 28.1 Å². The third-order valence-corrected chi connectivity index (χ3v) is 5.07. The van der Waals surface area contributed by atoms with Crippen LogP contribution in [0.2, 0.25) is 0 Å². The highest BCUT2D eigenvalue weighted by Gasteiger charge is 2.17. The van der Waals surface area contributed by atoms with E-state index in [2.05, 4.69) is 31.6 Å². The monoisotopic (exact) mass is 366 g/mol. The summed E-state index contributed by atoms with van der Waals surface area (Å²) in [6, 6.07) is 8.00. The molecule has 0 amide bonds. The minimum atomic E-state index is -0.0531. The fourth-order valence-corrected chi connectivity index (χ4v) is 3.64. The number of piperidine rings is 1. The second-order valence-electron chi connectivity index (χ2n) is 7.53. The highest BCUT2D eigenvalue weighted by molar-refractivity contribution is 5.94. The Kier molecular flexibility index (Phi) is 4.59. The summed E-state index contributed by atoms with van der Waals surface area (Å²) in [5, 5.41) is 16.5. The maximum absolute atomic E-state index is 13.0. The van der Waals surface area contributed by atoms with E-state index < -0.39 is 0 Å². The average Bonchev–Trinajstić information content (AvgIpc) is 3.09. The van der Waals surface area contributed by atoms with E-state index in [1.807, 2.05) is 39.0 Å².